The van der Waals surface area contributed by atoms with Crippen molar-refractivity contribution in [2.24, 2.45) is 0 Å². The summed E-state index contributed by atoms with van der Waals surface area (Å²) < 4.78 is 5.80. The lowest BCUT2D eigenvalue weighted by Crippen LogP contribution is -2.33. The number of hydrogen-bond acceptors (Lipinski definition) is 5. The Kier molecular flexibility index (Phi) is 7.10. The fraction of sp³-hybridized carbons (Fsp3) is 0.812. The highest BCUT2D eigenvalue weighted by atomic mass is 32.1. The maximum Gasteiger partial charge on any atom is 0.109 e. The van der Waals surface area contributed by atoms with Gasteiger partial charge in [-0.15, -0.1) is 11.3 Å². The highest BCUT2D eigenvalue weighted by molar-refractivity contribution is 7.11. The van der Waals surface area contributed by atoms with Crippen LogP contribution in [0, 0.1) is 0 Å². The van der Waals surface area contributed by atoms with Crippen molar-refractivity contribution in [2.75, 3.05) is 13.2 Å². The molecule has 2 unspecified atom stereocenters. The Hall–Kier alpha value is -0.490. The molecule has 1 heterocycles. The number of aliphatic hydroxyl groups is 1. The molecule has 0 saturated heterocycles. The molecule has 0 spiro atoms. The SMILES string of the molecule is CCc1cnc(C(C)NCC(O)COC2CCCCC2)s1. The predicted octanol–water partition coefficient (Wildman–Crippen LogP) is 3.07. The molecule has 2 atom stereocenters. The van der Waals surface area contributed by atoms with E-state index >= 15 is 0 Å². The second kappa shape index (κ2) is 8.83. The van der Waals surface area contributed by atoms with Crippen molar-refractivity contribution in [2.45, 2.75) is 70.6 Å². The summed E-state index contributed by atoms with van der Waals surface area (Å²) in [7, 11) is 0. The monoisotopic (exact) mass is 312 g/mol. The molecule has 0 radical (unpaired) electrons. The van der Waals surface area contributed by atoms with E-state index < -0.39 is 6.10 Å². The van der Waals surface area contributed by atoms with Crippen molar-refractivity contribution >= 4 is 11.3 Å². The first-order valence-corrected chi connectivity index (χ1v) is 8.98. The number of aryl methyl sites for hydroxylation is 1. The topological polar surface area (TPSA) is 54.4 Å². The minimum absolute atomic E-state index is 0.180. The molecule has 120 valence electrons. The molecule has 4 nitrogen and oxygen atoms in total. The Balaban J connectivity index is 1.64. The molecule has 1 aliphatic rings. The van der Waals surface area contributed by atoms with Crippen LogP contribution in [0.2, 0.25) is 0 Å². The summed E-state index contributed by atoms with van der Waals surface area (Å²) in [5.41, 5.74) is 0. The zero-order valence-corrected chi connectivity index (χ0v) is 14.0. The van der Waals surface area contributed by atoms with Gasteiger partial charge in [-0.2, -0.15) is 0 Å². The maximum atomic E-state index is 10.0. The Morgan fingerprint density at radius 3 is 2.86 bits per heavy atom. The Morgan fingerprint density at radius 1 is 1.43 bits per heavy atom. The van der Waals surface area contributed by atoms with E-state index in [2.05, 4.69) is 24.1 Å². The smallest absolute Gasteiger partial charge is 0.109 e. The largest absolute Gasteiger partial charge is 0.389 e. The Morgan fingerprint density at radius 2 is 2.19 bits per heavy atom. The second-order valence-corrected chi connectivity index (χ2v) is 7.04. The van der Waals surface area contributed by atoms with E-state index in [1.54, 1.807) is 11.3 Å². The van der Waals surface area contributed by atoms with Crippen molar-refractivity contribution in [3.05, 3.63) is 16.1 Å². The number of aliphatic hydroxyl groups excluding tert-OH is 1. The molecule has 0 amide bonds. The van der Waals surface area contributed by atoms with E-state index in [1.165, 1.54) is 24.1 Å². The number of ether oxygens (including phenoxy) is 1. The number of hydrogen-bond donors (Lipinski definition) is 2. The summed E-state index contributed by atoms with van der Waals surface area (Å²) in [4.78, 5) is 5.73. The average Bonchev–Trinajstić information content (AvgIpc) is 3.00. The van der Waals surface area contributed by atoms with Gasteiger partial charge in [0, 0.05) is 17.6 Å². The normalized spacial score (nSPS) is 19.6. The predicted molar refractivity (Wildman–Crippen MR) is 86.7 cm³/mol. The average molecular weight is 312 g/mol. The lowest BCUT2D eigenvalue weighted by molar-refractivity contribution is -0.0235. The van der Waals surface area contributed by atoms with Gasteiger partial charge in [-0.3, -0.25) is 0 Å². The van der Waals surface area contributed by atoms with Crippen LogP contribution < -0.4 is 5.32 Å². The van der Waals surface area contributed by atoms with Gasteiger partial charge in [-0.1, -0.05) is 26.2 Å². The lowest BCUT2D eigenvalue weighted by Gasteiger charge is -2.24. The van der Waals surface area contributed by atoms with Gasteiger partial charge in [0.25, 0.3) is 0 Å². The van der Waals surface area contributed by atoms with E-state index in [1.807, 2.05) is 6.20 Å². The Labute approximate surface area is 131 Å². The number of nitrogens with one attached hydrogen (secondary N) is 1. The standard InChI is InChI=1S/C16H28N2O2S/c1-3-15-10-18-16(21-15)12(2)17-9-13(19)11-20-14-7-5-4-6-8-14/h10,12-14,17,19H,3-9,11H2,1-2H3. The summed E-state index contributed by atoms with van der Waals surface area (Å²) in [5, 5.41) is 14.5. The van der Waals surface area contributed by atoms with Crippen molar-refractivity contribution in [3.63, 3.8) is 0 Å². The van der Waals surface area contributed by atoms with Crippen LogP contribution in [-0.2, 0) is 11.2 Å². The fourth-order valence-corrected chi connectivity index (χ4v) is 3.51. The van der Waals surface area contributed by atoms with Crippen LogP contribution in [0.5, 0.6) is 0 Å². The summed E-state index contributed by atoms with van der Waals surface area (Å²) in [6, 6.07) is 0.180. The van der Waals surface area contributed by atoms with E-state index in [0.29, 0.717) is 19.3 Å². The van der Waals surface area contributed by atoms with Gasteiger partial charge in [0.05, 0.1) is 24.9 Å². The van der Waals surface area contributed by atoms with Crippen LogP contribution in [0.3, 0.4) is 0 Å². The van der Waals surface area contributed by atoms with E-state index in [9.17, 15) is 5.11 Å². The van der Waals surface area contributed by atoms with Gasteiger partial charge in [0.15, 0.2) is 0 Å². The third-order valence-corrected chi connectivity index (χ3v) is 5.35. The molecule has 1 saturated carbocycles. The minimum Gasteiger partial charge on any atom is -0.389 e. The van der Waals surface area contributed by atoms with Crippen LogP contribution in [0.15, 0.2) is 6.20 Å². The van der Waals surface area contributed by atoms with E-state index in [0.717, 1.165) is 24.3 Å². The number of thiazole rings is 1. The first-order chi connectivity index (χ1) is 10.2. The van der Waals surface area contributed by atoms with Gasteiger partial charge in [0.2, 0.25) is 0 Å². The summed E-state index contributed by atoms with van der Waals surface area (Å²) in [6.07, 6.45) is 9.04. The molecule has 0 aliphatic heterocycles. The summed E-state index contributed by atoms with van der Waals surface area (Å²) >= 11 is 1.74. The molecular weight excluding hydrogens is 284 g/mol. The van der Waals surface area contributed by atoms with Crippen molar-refractivity contribution < 1.29 is 9.84 Å². The highest BCUT2D eigenvalue weighted by Crippen LogP contribution is 2.21. The van der Waals surface area contributed by atoms with Crippen LogP contribution in [0.4, 0.5) is 0 Å². The van der Waals surface area contributed by atoms with Gasteiger partial charge in [-0.05, 0) is 26.2 Å². The number of nitrogens with zero attached hydrogens (tertiary/aromatic N) is 1. The van der Waals surface area contributed by atoms with Gasteiger partial charge in [0.1, 0.15) is 5.01 Å². The minimum atomic E-state index is -0.444. The van der Waals surface area contributed by atoms with Crippen molar-refractivity contribution in [1.29, 1.82) is 0 Å². The fourth-order valence-electron chi connectivity index (χ4n) is 2.62. The summed E-state index contributed by atoms with van der Waals surface area (Å²) in [6.45, 7) is 5.21. The van der Waals surface area contributed by atoms with E-state index in [-0.39, 0.29) is 6.04 Å². The van der Waals surface area contributed by atoms with Crippen LogP contribution in [0.25, 0.3) is 0 Å². The zero-order valence-electron chi connectivity index (χ0n) is 13.2. The maximum absolute atomic E-state index is 10.0. The first kappa shape index (κ1) is 16.9. The zero-order chi connectivity index (χ0) is 15.1. The van der Waals surface area contributed by atoms with Gasteiger partial charge < -0.3 is 15.2 Å². The Bertz CT molecular complexity index is 405. The second-order valence-electron chi connectivity index (χ2n) is 5.90. The first-order valence-electron chi connectivity index (χ1n) is 8.16. The molecule has 21 heavy (non-hydrogen) atoms. The van der Waals surface area contributed by atoms with Gasteiger partial charge in [-0.25, -0.2) is 4.98 Å². The number of aromatic nitrogens is 1. The van der Waals surface area contributed by atoms with Crippen LogP contribution in [-0.4, -0.2) is 35.5 Å². The molecule has 2 N–H and O–H groups in total. The number of rotatable bonds is 8. The molecular formula is C16H28N2O2S. The third-order valence-electron chi connectivity index (χ3n) is 4.03. The third kappa shape index (κ3) is 5.66. The van der Waals surface area contributed by atoms with Crippen molar-refractivity contribution in [1.82, 2.24) is 10.3 Å². The van der Waals surface area contributed by atoms with Crippen molar-refractivity contribution in [3.8, 4) is 0 Å². The molecule has 2 rings (SSSR count). The quantitative estimate of drug-likeness (QED) is 0.774. The molecule has 1 aliphatic carbocycles. The molecule has 1 aromatic rings. The molecule has 1 fully saturated rings. The van der Waals surface area contributed by atoms with Crippen LogP contribution >= 0.6 is 11.3 Å². The molecule has 0 bridgehead atoms. The highest BCUT2D eigenvalue weighted by Gasteiger charge is 2.16. The van der Waals surface area contributed by atoms with E-state index in [4.69, 9.17) is 4.74 Å². The molecule has 0 aromatic carbocycles. The lowest BCUT2D eigenvalue weighted by atomic mass is 9.98. The summed E-state index contributed by atoms with van der Waals surface area (Å²) in [5.74, 6) is 0. The van der Waals surface area contributed by atoms with Crippen LogP contribution in [0.1, 0.15) is 61.9 Å². The molecule has 5 heteroatoms. The van der Waals surface area contributed by atoms with Gasteiger partial charge >= 0.3 is 0 Å². The molecule has 1 aromatic heterocycles.